The number of anilines is 1. The molecular weight excluding hydrogens is 358 g/mol. The van der Waals surface area contributed by atoms with E-state index >= 15 is 0 Å². The van der Waals surface area contributed by atoms with Crippen LogP contribution in [0, 0.1) is 12.8 Å². The van der Waals surface area contributed by atoms with Crippen molar-refractivity contribution >= 4 is 23.6 Å². The quantitative estimate of drug-likeness (QED) is 0.795. The molecule has 1 saturated heterocycles. The second-order valence-corrected chi connectivity index (χ2v) is 6.84. The van der Waals surface area contributed by atoms with Crippen molar-refractivity contribution in [2.45, 2.75) is 25.4 Å². The van der Waals surface area contributed by atoms with Gasteiger partial charge in [-0.1, -0.05) is 48.0 Å². The van der Waals surface area contributed by atoms with Gasteiger partial charge in [0.05, 0.1) is 19.1 Å². The Bertz CT molecular complexity index is 867. The zero-order valence-corrected chi connectivity index (χ0v) is 15.8. The molecule has 7 heteroatoms. The summed E-state index contributed by atoms with van der Waals surface area (Å²) >= 11 is 0. The van der Waals surface area contributed by atoms with E-state index in [0.717, 1.165) is 11.1 Å². The van der Waals surface area contributed by atoms with Crippen molar-refractivity contribution in [2.24, 2.45) is 11.7 Å². The standard InChI is InChI=1S/C21H23N3O4/c1-13-8-10-14(11-9-13)18-16(20(26)28-2)12-17(19(22)25)24(18)21(27)23-15-6-4-3-5-7-15/h3-11,16-18H,12H2,1-2H3,(H2,22,25)(H,23,27). The molecule has 146 valence electrons. The van der Waals surface area contributed by atoms with E-state index in [-0.39, 0.29) is 6.42 Å². The number of likely N-dealkylation sites (tertiary alicyclic amines) is 1. The number of amides is 3. The number of urea groups is 1. The van der Waals surface area contributed by atoms with Crippen LogP contribution in [0.1, 0.15) is 23.6 Å². The lowest BCUT2D eigenvalue weighted by Gasteiger charge is -2.30. The fourth-order valence-electron chi connectivity index (χ4n) is 3.63. The number of para-hydroxylation sites is 1. The Hall–Kier alpha value is -3.35. The number of nitrogens with one attached hydrogen (secondary N) is 1. The Morgan fingerprint density at radius 2 is 1.71 bits per heavy atom. The van der Waals surface area contributed by atoms with Crippen molar-refractivity contribution in [3.63, 3.8) is 0 Å². The van der Waals surface area contributed by atoms with E-state index in [9.17, 15) is 14.4 Å². The normalized spacial score (nSPS) is 21.2. The van der Waals surface area contributed by atoms with Gasteiger partial charge in [-0.15, -0.1) is 0 Å². The van der Waals surface area contributed by atoms with Crippen LogP contribution in [0.5, 0.6) is 0 Å². The molecule has 0 aromatic heterocycles. The van der Waals surface area contributed by atoms with Crippen molar-refractivity contribution in [1.82, 2.24) is 4.90 Å². The van der Waals surface area contributed by atoms with Gasteiger partial charge in [-0.2, -0.15) is 0 Å². The molecule has 2 aromatic carbocycles. The lowest BCUT2D eigenvalue weighted by molar-refractivity contribution is -0.146. The number of benzene rings is 2. The smallest absolute Gasteiger partial charge is 0.323 e. The Kier molecular flexibility index (Phi) is 5.63. The number of esters is 1. The Morgan fingerprint density at radius 1 is 1.07 bits per heavy atom. The maximum Gasteiger partial charge on any atom is 0.323 e. The minimum absolute atomic E-state index is 0.114. The summed E-state index contributed by atoms with van der Waals surface area (Å²) in [7, 11) is 1.29. The molecule has 3 amide bonds. The molecule has 0 saturated carbocycles. The van der Waals surface area contributed by atoms with Crippen LogP contribution >= 0.6 is 0 Å². The highest BCUT2D eigenvalue weighted by atomic mass is 16.5. The van der Waals surface area contributed by atoms with E-state index in [4.69, 9.17) is 10.5 Å². The summed E-state index contributed by atoms with van der Waals surface area (Å²) in [5.41, 5.74) is 7.95. The van der Waals surface area contributed by atoms with Crippen LogP contribution in [0.25, 0.3) is 0 Å². The highest BCUT2D eigenvalue weighted by Crippen LogP contribution is 2.42. The fraction of sp³-hybridized carbons (Fsp3) is 0.286. The lowest BCUT2D eigenvalue weighted by atomic mass is 9.92. The number of rotatable bonds is 4. The summed E-state index contributed by atoms with van der Waals surface area (Å²) in [4.78, 5) is 39.0. The molecule has 2 aromatic rings. The van der Waals surface area contributed by atoms with Crippen molar-refractivity contribution in [3.05, 3.63) is 65.7 Å². The van der Waals surface area contributed by atoms with E-state index in [1.54, 1.807) is 24.3 Å². The van der Waals surface area contributed by atoms with Gasteiger partial charge in [0.1, 0.15) is 6.04 Å². The number of carbonyl (C=O) groups excluding carboxylic acids is 3. The van der Waals surface area contributed by atoms with Gasteiger partial charge in [-0.3, -0.25) is 9.59 Å². The molecule has 3 rings (SSSR count). The number of nitrogens with two attached hydrogens (primary N) is 1. The maximum atomic E-state index is 13.1. The van der Waals surface area contributed by atoms with Crippen molar-refractivity contribution < 1.29 is 19.1 Å². The van der Waals surface area contributed by atoms with Gasteiger partial charge in [0, 0.05) is 5.69 Å². The molecule has 0 aliphatic carbocycles. The number of primary amides is 1. The molecule has 28 heavy (non-hydrogen) atoms. The van der Waals surface area contributed by atoms with Crippen molar-refractivity contribution in [1.29, 1.82) is 0 Å². The Balaban J connectivity index is 2.01. The predicted octanol–water partition coefficient (Wildman–Crippen LogP) is 2.62. The first-order valence-electron chi connectivity index (χ1n) is 9.00. The molecule has 1 fully saturated rings. The fourth-order valence-corrected chi connectivity index (χ4v) is 3.63. The number of carbonyl (C=O) groups is 3. The lowest BCUT2D eigenvalue weighted by Crippen LogP contribution is -2.46. The first-order chi connectivity index (χ1) is 13.4. The number of hydrogen-bond donors (Lipinski definition) is 2. The first-order valence-corrected chi connectivity index (χ1v) is 9.00. The highest BCUT2D eigenvalue weighted by molar-refractivity contribution is 5.95. The van der Waals surface area contributed by atoms with Crippen LogP contribution in [-0.2, 0) is 14.3 Å². The van der Waals surface area contributed by atoms with E-state index in [0.29, 0.717) is 5.69 Å². The molecular formula is C21H23N3O4. The maximum absolute atomic E-state index is 13.1. The van der Waals surface area contributed by atoms with E-state index < -0.39 is 35.9 Å². The first kappa shape index (κ1) is 19.4. The summed E-state index contributed by atoms with van der Waals surface area (Å²) in [5.74, 6) is -1.83. The van der Waals surface area contributed by atoms with Gasteiger partial charge in [0.15, 0.2) is 0 Å². The Labute approximate surface area is 163 Å². The molecule has 1 aliphatic rings. The van der Waals surface area contributed by atoms with E-state index in [1.807, 2.05) is 37.3 Å². The monoisotopic (exact) mass is 381 g/mol. The third kappa shape index (κ3) is 3.83. The van der Waals surface area contributed by atoms with Crippen molar-refractivity contribution in [3.8, 4) is 0 Å². The van der Waals surface area contributed by atoms with Crippen molar-refractivity contribution in [2.75, 3.05) is 12.4 Å². The number of ether oxygens (including phenoxy) is 1. The molecule has 3 unspecified atom stereocenters. The molecule has 3 N–H and O–H groups in total. The summed E-state index contributed by atoms with van der Waals surface area (Å²) in [5, 5.41) is 2.78. The molecule has 0 spiro atoms. The van der Waals surface area contributed by atoms with Gasteiger partial charge in [-0.25, -0.2) is 4.79 Å². The van der Waals surface area contributed by atoms with Crippen LogP contribution in [0.15, 0.2) is 54.6 Å². The summed E-state index contributed by atoms with van der Waals surface area (Å²) < 4.78 is 4.93. The summed E-state index contributed by atoms with van der Waals surface area (Å²) in [6.07, 6.45) is 0.114. The second kappa shape index (κ2) is 8.12. The number of methoxy groups -OCH3 is 1. The SMILES string of the molecule is COC(=O)C1CC(C(N)=O)N(C(=O)Nc2ccccc2)C1c1ccc(C)cc1. The molecule has 3 atom stereocenters. The van der Waals surface area contributed by atoms with Crippen LogP contribution in [0.2, 0.25) is 0 Å². The average Bonchev–Trinajstić information content (AvgIpc) is 3.10. The number of hydrogen-bond acceptors (Lipinski definition) is 4. The van der Waals surface area contributed by atoms with Gasteiger partial charge in [0.2, 0.25) is 5.91 Å². The molecule has 1 aliphatic heterocycles. The largest absolute Gasteiger partial charge is 0.469 e. The van der Waals surface area contributed by atoms with Crippen LogP contribution in [0.3, 0.4) is 0 Å². The third-order valence-corrected chi connectivity index (χ3v) is 5.00. The minimum atomic E-state index is -0.917. The summed E-state index contributed by atoms with van der Waals surface area (Å²) in [6, 6.07) is 14.3. The van der Waals surface area contributed by atoms with Gasteiger partial charge >= 0.3 is 12.0 Å². The van der Waals surface area contributed by atoms with Crippen LogP contribution in [-0.4, -0.2) is 36.0 Å². The second-order valence-electron chi connectivity index (χ2n) is 6.84. The van der Waals surface area contributed by atoms with E-state index in [1.165, 1.54) is 12.0 Å². The number of nitrogens with zero attached hydrogens (tertiary/aromatic N) is 1. The molecule has 0 radical (unpaired) electrons. The molecule has 1 heterocycles. The van der Waals surface area contributed by atoms with Gasteiger partial charge in [0.25, 0.3) is 0 Å². The van der Waals surface area contributed by atoms with Gasteiger partial charge in [-0.05, 0) is 31.0 Å². The zero-order chi connectivity index (χ0) is 20.3. The predicted molar refractivity (Wildman–Crippen MR) is 104 cm³/mol. The number of aryl methyl sites for hydroxylation is 1. The topological polar surface area (TPSA) is 102 Å². The molecule has 0 bridgehead atoms. The van der Waals surface area contributed by atoms with Crippen LogP contribution in [0.4, 0.5) is 10.5 Å². The zero-order valence-electron chi connectivity index (χ0n) is 15.8. The Morgan fingerprint density at radius 3 is 2.29 bits per heavy atom. The average molecular weight is 381 g/mol. The highest BCUT2D eigenvalue weighted by Gasteiger charge is 2.50. The van der Waals surface area contributed by atoms with Crippen LogP contribution < -0.4 is 11.1 Å². The summed E-state index contributed by atoms with van der Waals surface area (Å²) in [6.45, 7) is 1.95. The minimum Gasteiger partial charge on any atom is -0.469 e. The van der Waals surface area contributed by atoms with Gasteiger partial charge < -0.3 is 20.7 Å². The van der Waals surface area contributed by atoms with E-state index in [2.05, 4.69) is 5.32 Å². The molecule has 7 nitrogen and oxygen atoms in total. The third-order valence-electron chi connectivity index (χ3n) is 5.00.